The molecule has 0 aliphatic carbocycles. The molecule has 0 aromatic carbocycles. The maximum atomic E-state index is 13.1. The van der Waals surface area contributed by atoms with Gasteiger partial charge >= 0.3 is 10.4 Å². The van der Waals surface area contributed by atoms with Gasteiger partial charge in [-0.05, 0) is 51.4 Å². The van der Waals surface area contributed by atoms with Crippen LogP contribution in [-0.2, 0) is 28.9 Å². The molecule has 0 aromatic heterocycles. The molecular weight excluding hydrogens is 859 g/mol. The third-order valence-corrected chi connectivity index (χ3v) is 13.1. The Balaban J connectivity index is 2.43. The fraction of sp³-hybridized carbons (Fsp3) is 0.868. The summed E-state index contributed by atoms with van der Waals surface area (Å²) in [5.74, 6) is -0.269. The summed E-state index contributed by atoms with van der Waals surface area (Å²) in [6, 6.07) is -0.948. The minimum Gasteiger partial charge on any atom is -0.394 e. The number of allylic oxidation sites excluding steroid dienone is 5. The minimum atomic E-state index is -5.09. The minimum absolute atomic E-state index is 0.260. The van der Waals surface area contributed by atoms with E-state index in [4.69, 9.17) is 9.47 Å². The van der Waals surface area contributed by atoms with Gasteiger partial charge in [0.25, 0.3) is 0 Å². The quantitative estimate of drug-likeness (QED) is 0.0193. The lowest BCUT2D eigenvalue weighted by Crippen LogP contribution is -2.61. The smallest absolute Gasteiger partial charge is 0.394 e. The SMILES string of the molecule is CCCCC/C=C\C/C=C\CCCCCCCCCC(=O)NC(COC1OC(CO)C(O)C(OS(=O)(=O)O)C1O)C(O)/C=C/CCCCCCCCCCCCCCCCCCCCCC. The standard InChI is InChI=1S/C53H99NO11S/c1-3-5-7-9-11-13-15-17-19-21-22-23-24-25-27-28-30-32-34-36-38-40-42-47(56)46(45-63-53-51(59)52(65-66(60,61)62)50(58)48(44-55)64-53)54-49(57)43-41-39-37-35-33-31-29-26-20-18-16-14-12-10-8-6-4-2/h12,14,18,20,40,42,46-48,50-53,55-56,58-59H,3-11,13,15-17,19,21-39,41,43-45H2,1-2H3,(H,54,57)(H,60,61,62)/b14-12-,20-18-,42-40+. The van der Waals surface area contributed by atoms with Crippen LogP contribution in [-0.4, -0.2) is 95.4 Å². The normalized spacial score (nSPS) is 20.3. The summed E-state index contributed by atoms with van der Waals surface area (Å²) in [4.78, 5) is 13.1. The number of rotatable bonds is 46. The van der Waals surface area contributed by atoms with Gasteiger partial charge in [-0.15, -0.1) is 0 Å². The third-order valence-electron chi connectivity index (χ3n) is 12.7. The van der Waals surface area contributed by atoms with Gasteiger partial charge in [0.2, 0.25) is 5.91 Å². The first kappa shape index (κ1) is 62.3. The molecule has 12 nitrogen and oxygen atoms in total. The Morgan fingerprint density at radius 1 is 0.606 bits per heavy atom. The van der Waals surface area contributed by atoms with E-state index in [1.165, 1.54) is 154 Å². The summed E-state index contributed by atoms with van der Waals surface area (Å²) in [7, 11) is -5.09. The van der Waals surface area contributed by atoms with E-state index in [1.807, 2.05) is 6.08 Å². The number of aliphatic hydroxyl groups is 4. The number of hydrogen-bond donors (Lipinski definition) is 6. The van der Waals surface area contributed by atoms with Crippen molar-refractivity contribution >= 4 is 16.3 Å². The molecule has 0 radical (unpaired) electrons. The van der Waals surface area contributed by atoms with Crippen LogP contribution in [0.2, 0.25) is 0 Å². The van der Waals surface area contributed by atoms with Crippen LogP contribution in [0.1, 0.15) is 239 Å². The average Bonchev–Trinajstić information content (AvgIpc) is 3.29. The van der Waals surface area contributed by atoms with Gasteiger partial charge in [0.05, 0.1) is 25.4 Å². The Kier molecular flexibility index (Phi) is 40.9. The molecule has 1 saturated heterocycles. The van der Waals surface area contributed by atoms with Crippen LogP contribution in [0, 0.1) is 0 Å². The lowest BCUT2D eigenvalue weighted by atomic mass is 9.99. The largest absolute Gasteiger partial charge is 0.397 e. The van der Waals surface area contributed by atoms with Gasteiger partial charge < -0.3 is 35.2 Å². The number of amides is 1. The lowest BCUT2D eigenvalue weighted by Gasteiger charge is -2.41. The molecular formula is C53H99NO11S. The van der Waals surface area contributed by atoms with Crippen molar-refractivity contribution in [2.24, 2.45) is 0 Å². The summed E-state index contributed by atoms with van der Waals surface area (Å²) < 4.78 is 47.8. The first-order valence-corrected chi connectivity index (χ1v) is 28.2. The van der Waals surface area contributed by atoms with Crippen molar-refractivity contribution in [3.05, 3.63) is 36.5 Å². The second kappa shape index (κ2) is 43.3. The lowest BCUT2D eigenvalue weighted by molar-refractivity contribution is -0.298. The molecule has 0 spiro atoms. The first-order valence-electron chi connectivity index (χ1n) is 26.9. The Hall–Kier alpha value is -1.68. The number of carbonyl (C=O) groups is 1. The topological polar surface area (TPSA) is 192 Å². The molecule has 1 rings (SSSR count). The fourth-order valence-electron chi connectivity index (χ4n) is 8.49. The predicted molar refractivity (Wildman–Crippen MR) is 268 cm³/mol. The Morgan fingerprint density at radius 3 is 1.47 bits per heavy atom. The zero-order chi connectivity index (χ0) is 48.4. The molecule has 0 bridgehead atoms. The van der Waals surface area contributed by atoms with E-state index in [1.54, 1.807) is 6.08 Å². The van der Waals surface area contributed by atoms with Crippen LogP contribution in [0.5, 0.6) is 0 Å². The molecule has 7 atom stereocenters. The van der Waals surface area contributed by atoms with Crippen molar-refractivity contribution in [2.45, 2.75) is 281 Å². The summed E-state index contributed by atoms with van der Waals surface area (Å²) in [5.41, 5.74) is 0. The highest BCUT2D eigenvalue weighted by molar-refractivity contribution is 7.80. The maximum absolute atomic E-state index is 13.1. The highest BCUT2D eigenvalue weighted by Gasteiger charge is 2.48. The van der Waals surface area contributed by atoms with Crippen molar-refractivity contribution in [1.29, 1.82) is 0 Å². The molecule has 388 valence electrons. The van der Waals surface area contributed by atoms with E-state index in [0.717, 1.165) is 57.8 Å². The summed E-state index contributed by atoms with van der Waals surface area (Å²) in [6.07, 6.45) is 44.6. The first-order chi connectivity index (χ1) is 32.0. The highest BCUT2D eigenvalue weighted by atomic mass is 32.3. The number of ether oxygens (including phenoxy) is 2. The van der Waals surface area contributed by atoms with Gasteiger partial charge in [0, 0.05) is 6.42 Å². The molecule has 13 heteroatoms. The van der Waals surface area contributed by atoms with Gasteiger partial charge in [-0.2, -0.15) is 8.42 Å². The Labute approximate surface area is 403 Å². The van der Waals surface area contributed by atoms with E-state index in [-0.39, 0.29) is 18.9 Å². The molecule has 0 aromatic rings. The number of unbranched alkanes of at least 4 members (excludes halogenated alkanes) is 30. The van der Waals surface area contributed by atoms with Gasteiger partial charge in [-0.3, -0.25) is 9.35 Å². The van der Waals surface area contributed by atoms with Crippen LogP contribution in [0.25, 0.3) is 0 Å². The molecule has 66 heavy (non-hydrogen) atoms. The second-order valence-electron chi connectivity index (χ2n) is 18.8. The zero-order valence-electron chi connectivity index (χ0n) is 41.8. The molecule has 1 amide bonds. The predicted octanol–water partition coefficient (Wildman–Crippen LogP) is 11.8. The highest BCUT2D eigenvalue weighted by Crippen LogP contribution is 2.26. The van der Waals surface area contributed by atoms with Crippen LogP contribution < -0.4 is 5.32 Å². The van der Waals surface area contributed by atoms with Crippen molar-refractivity contribution in [3.63, 3.8) is 0 Å². The van der Waals surface area contributed by atoms with Crippen LogP contribution in [0.3, 0.4) is 0 Å². The monoisotopic (exact) mass is 958 g/mol. The fourth-order valence-corrected chi connectivity index (χ4v) is 8.99. The molecule has 7 unspecified atom stereocenters. The van der Waals surface area contributed by atoms with Gasteiger partial charge in [-0.1, -0.05) is 217 Å². The zero-order valence-corrected chi connectivity index (χ0v) is 42.6. The van der Waals surface area contributed by atoms with Crippen LogP contribution >= 0.6 is 0 Å². The second-order valence-corrected chi connectivity index (χ2v) is 19.9. The van der Waals surface area contributed by atoms with Crippen molar-refractivity contribution in [1.82, 2.24) is 5.32 Å². The molecule has 6 N–H and O–H groups in total. The van der Waals surface area contributed by atoms with E-state index in [9.17, 15) is 38.2 Å². The van der Waals surface area contributed by atoms with Crippen LogP contribution in [0.15, 0.2) is 36.5 Å². The number of aliphatic hydroxyl groups excluding tert-OH is 4. The summed E-state index contributed by atoms with van der Waals surface area (Å²) in [6.45, 7) is 3.38. The van der Waals surface area contributed by atoms with E-state index in [2.05, 4.69) is 47.7 Å². The van der Waals surface area contributed by atoms with Crippen molar-refractivity contribution in [2.75, 3.05) is 13.2 Å². The number of carbonyl (C=O) groups excluding carboxylic acids is 1. The number of nitrogens with one attached hydrogen (secondary N) is 1. The van der Waals surface area contributed by atoms with E-state index >= 15 is 0 Å². The van der Waals surface area contributed by atoms with Gasteiger partial charge in [-0.25, -0.2) is 4.18 Å². The van der Waals surface area contributed by atoms with Gasteiger partial charge in [0.15, 0.2) is 6.29 Å². The summed E-state index contributed by atoms with van der Waals surface area (Å²) in [5, 5.41) is 44.9. The number of hydrogen-bond acceptors (Lipinski definition) is 10. The van der Waals surface area contributed by atoms with E-state index < -0.39 is 59.9 Å². The van der Waals surface area contributed by atoms with Crippen molar-refractivity contribution < 1.29 is 51.8 Å². The molecule has 1 heterocycles. The third kappa shape index (κ3) is 35.4. The van der Waals surface area contributed by atoms with Crippen molar-refractivity contribution in [3.8, 4) is 0 Å². The molecule has 0 saturated carbocycles. The molecule has 1 aliphatic heterocycles. The molecule has 1 aliphatic rings. The summed E-state index contributed by atoms with van der Waals surface area (Å²) >= 11 is 0. The maximum Gasteiger partial charge on any atom is 0.397 e. The van der Waals surface area contributed by atoms with E-state index in [0.29, 0.717) is 6.42 Å². The molecule has 1 fully saturated rings. The average molecular weight is 958 g/mol. The Bertz CT molecular complexity index is 1310. The van der Waals surface area contributed by atoms with Crippen LogP contribution in [0.4, 0.5) is 0 Å². The Morgan fingerprint density at radius 2 is 1.02 bits per heavy atom. The van der Waals surface area contributed by atoms with Gasteiger partial charge in [0.1, 0.15) is 24.4 Å².